The molecular formula is C25H33ClN6O2. The second-order valence-electron chi connectivity index (χ2n) is 9.53. The zero-order valence-electron chi connectivity index (χ0n) is 19.9. The number of likely N-dealkylation sites (N-methyl/N-ethyl adjacent to an activating group) is 1. The van der Waals surface area contributed by atoms with E-state index in [1.807, 2.05) is 15.6 Å². The van der Waals surface area contributed by atoms with Crippen LogP contribution in [0.2, 0.25) is 5.02 Å². The fraction of sp³-hybridized carbons (Fsp3) is 0.600. The summed E-state index contributed by atoms with van der Waals surface area (Å²) in [6, 6.07) is 6.66. The Morgan fingerprint density at radius 1 is 1.24 bits per heavy atom. The number of nitrogens with one attached hydrogen (secondary N) is 2. The highest BCUT2D eigenvalue weighted by atomic mass is 35.5. The molecule has 9 heteroatoms. The van der Waals surface area contributed by atoms with Gasteiger partial charge in [-0.3, -0.25) is 14.3 Å². The van der Waals surface area contributed by atoms with E-state index in [0.29, 0.717) is 23.8 Å². The second-order valence-corrected chi connectivity index (χ2v) is 9.96. The third-order valence-corrected chi connectivity index (χ3v) is 7.61. The number of carbonyl (C=O) groups is 2. The van der Waals surface area contributed by atoms with Gasteiger partial charge in [-0.2, -0.15) is 10.4 Å². The van der Waals surface area contributed by atoms with Crippen LogP contribution in [-0.4, -0.2) is 58.2 Å². The molecule has 8 nitrogen and oxygen atoms in total. The molecule has 0 bridgehead atoms. The van der Waals surface area contributed by atoms with Crippen LogP contribution in [-0.2, 0) is 16.1 Å². The number of amides is 2. The summed E-state index contributed by atoms with van der Waals surface area (Å²) >= 11 is 6.14. The maximum absolute atomic E-state index is 13.9. The van der Waals surface area contributed by atoms with Crippen molar-refractivity contribution in [1.29, 1.82) is 5.26 Å². The van der Waals surface area contributed by atoms with Crippen LogP contribution in [0.4, 0.5) is 0 Å². The summed E-state index contributed by atoms with van der Waals surface area (Å²) in [5, 5.41) is 21.4. The van der Waals surface area contributed by atoms with Crippen molar-refractivity contribution in [2.24, 2.45) is 5.92 Å². The van der Waals surface area contributed by atoms with E-state index < -0.39 is 6.04 Å². The first-order valence-electron chi connectivity index (χ1n) is 12.3. The van der Waals surface area contributed by atoms with Crippen LogP contribution < -0.4 is 10.6 Å². The number of carbonyl (C=O) groups excluding carboxylic acids is 2. The van der Waals surface area contributed by atoms with E-state index in [9.17, 15) is 14.9 Å². The molecule has 2 aliphatic rings. The first-order valence-corrected chi connectivity index (χ1v) is 12.6. The topological polar surface area (TPSA) is 103 Å². The number of benzene rings is 1. The second kappa shape index (κ2) is 10.7. The summed E-state index contributed by atoms with van der Waals surface area (Å²) in [6.07, 6.45) is 7.05. The Bertz CT molecular complexity index is 1090. The summed E-state index contributed by atoms with van der Waals surface area (Å²) in [4.78, 5) is 28.5. The lowest BCUT2D eigenvalue weighted by molar-refractivity contribution is -0.139. The summed E-state index contributed by atoms with van der Waals surface area (Å²) < 4.78 is 1.82. The number of nitriles is 1. The zero-order chi connectivity index (χ0) is 24.2. The lowest BCUT2D eigenvalue weighted by Gasteiger charge is -2.35. The molecule has 2 fully saturated rings. The molecule has 34 heavy (non-hydrogen) atoms. The van der Waals surface area contributed by atoms with Gasteiger partial charge in [0.05, 0.1) is 24.1 Å². The minimum atomic E-state index is -0.507. The SMILES string of the molecule is CN[C@@H](C)C(=O)NC(C(=O)N1CCC[C@H]1Cn1nc(C#N)c2cc(Cl)ccc21)C1CCCCC1. The van der Waals surface area contributed by atoms with Crippen molar-refractivity contribution < 1.29 is 9.59 Å². The Balaban J connectivity index is 1.57. The molecule has 2 N–H and O–H groups in total. The molecule has 2 aromatic rings. The minimum Gasteiger partial charge on any atom is -0.343 e. The first-order chi connectivity index (χ1) is 16.4. The van der Waals surface area contributed by atoms with Crippen LogP contribution in [0.25, 0.3) is 10.9 Å². The molecule has 1 aliphatic carbocycles. The molecule has 2 heterocycles. The molecule has 0 spiro atoms. The Morgan fingerprint density at radius 3 is 2.71 bits per heavy atom. The first kappa shape index (κ1) is 24.5. The van der Waals surface area contributed by atoms with Gasteiger partial charge in [0.15, 0.2) is 5.69 Å². The summed E-state index contributed by atoms with van der Waals surface area (Å²) in [6.45, 7) is 2.97. The van der Waals surface area contributed by atoms with E-state index in [-0.39, 0.29) is 29.8 Å². The van der Waals surface area contributed by atoms with Crippen molar-refractivity contribution >= 4 is 34.3 Å². The van der Waals surface area contributed by atoms with E-state index in [4.69, 9.17) is 11.6 Å². The highest BCUT2D eigenvalue weighted by molar-refractivity contribution is 6.31. The van der Waals surface area contributed by atoms with Crippen LogP contribution in [0.15, 0.2) is 18.2 Å². The largest absolute Gasteiger partial charge is 0.343 e. The lowest BCUT2D eigenvalue weighted by atomic mass is 9.83. The molecule has 1 unspecified atom stereocenters. The molecule has 1 aliphatic heterocycles. The summed E-state index contributed by atoms with van der Waals surface area (Å²) in [5.74, 6) is 0.0234. The summed E-state index contributed by atoms with van der Waals surface area (Å²) in [5.41, 5.74) is 1.17. The van der Waals surface area contributed by atoms with Crippen molar-refractivity contribution in [3.63, 3.8) is 0 Å². The third-order valence-electron chi connectivity index (χ3n) is 7.37. The predicted molar refractivity (Wildman–Crippen MR) is 131 cm³/mol. The van der Waals surface area contributed by atoms with Gasteiger partial charge in [-0.05, 0) is 63.8 Å². The average Bonchev–Trinajstić information content (AvgIpc) is 3.46. The van der Waals surface area contributed by atoms with Crippen molar-refractivity contribution in [2.45, 2.75) is 76.5 Å². The van der Waals surface area contributed by atoms with Gasteiger partial charge in [0.25, 0.3) is 0 Å². The molecule has 1 saturated heterocycles. The standard InChI is InChI=1S/C25H33ClN6O2/c1-16(28-2)24(33)29-23(17-7-4-3-5-8-17)25(34)31-12-6-9-19(31)15-32-22-11-10-18(26)13-20(22)21(14-27)30-32/h10-11,13,16-17,19,23,28H,3-9,12,15H2,1-2H3,(H,29,33)/t16-,19-,23?/m0/s1. The predicted octanol–water partition coefficient (Wildman–Crippen LogP) is 3.23. The van der Waals surface area contributed by atoms with E-state index in [1.165, 1.54) is 6.42 Å². The van der Waals surface area contributed by atoms with E-state index in [0.717, 1.165) is 49.4 Å². The molecule has 0 radical (unpaired) electrons. The van der Waals surface area contributed by atoms with Crippen LogP contribution in [0.5, 0.6) is 0 Å². The number of hydrogen-bond acceptors (Lipinski definition) is 5. The van der Waals surface area contributed by atoms with Crippen LogP contribution in [0.1, 0.15) is 57.6 Å². The Hall–Kier alpha value is -2.63. The van der Waals surface area contributed by atoms with E-state index >= 15 is 0 Å². The molecule has 1 saturated carbocycles. The summed E-state index contributed by atoms with van der Waals surface area (Å²) in [7, 11) is 1.75. The van der Waals surface area contributed by atoms with Crippen molar-refractivity contribution in [3.8, 4) is 6.07 Å². The number of hydrogen-bond donors (Lipinski definition) is 2. The Morgan fingerprint density at radius 2 is 2.00 bits per heavy atom. The number of nitrogens with zero attached hydrogens (tertiary/aromatic N) is 4. The molecule has 1 aromatic carbocycles. The minimum absolute atomic E-state index is 0.00562. The molecule has 1 aromatic heterocycles. The van der Waals surface area contributed by atoms with Gasteiger partial charge in [-0.1, -0.05) is 30.9 Å². The van der Waals surface area contributed by atoms with Gasteiger partial charge in [-0.15, -0.1) is 0 Å². The molecule has 4 rings (SSSR count). The van der Waals surface area contributed by atoms with Gasteiger partial charge in [0.1, 0.15) is 12.1 Å². The number of aromatic nitrogens is 2. The van der Waals surface area contributed by atoms with Crippen LogP contribution in [0.3, 0.4) is 0 Å². The maximum atomic E-state index is 13.9. The van der Waals surface area contributed by atoms with Crippen molar-refractivity contribution in [3.05, 3.63) is 28.9 Å². The average molecular weight is 485 g/mol. The molecule has 182 valence electrons. The lowest BCUT2D eigenvalue weighted by Crippen LogP contribution is -2.56. The van der Waals surface area contributed by atoms with Gasteiger partial charge < -0.3 is 15.5 Å². The fourth-order valence-electron chi connectivity index (χ4n) is 5.33. The fourth-order valence-corrected chi connectivity index (χ4v) is 5.50. The van der Waals surface area contributed by atoms with E-state index in [1.54, 1.807) is 26.1 Å². The molecular weight excluding hydrogens is 452 g/mol. The van der Waals surface area contributed by atoms with Gasteiger partial charge in [0.2, 0.25) is 11.8 Å². The highest BCUT2D eigenvalue weighted by Crippen LogP contribution is 2.30. The number of likely N-dealkylation sites (tertiary alicyclic amines) is 1. The molecule has 3 atom stereocenters. The van der Waals surface area contributed by atoms with Gasteiger partial charge in [0, 0.05) is 17.0 Å². The van der Waals surface area contributed by atoms with Gasteiger partial charge in [-0.25, -0.2) is 0 Å². The normalized spacial score (nSPS) is 20.8. The Kier molecular flexibility index (Phi) is 7.74. The van der Waals surface area contributed by atoms with Crippen molar-refractivity contribution in [2.75, 3.05) is 13.6 Å². The van der Waals surface area contributed by atoms with E-state index in [2.05, 4.69) is 21.8 Å². The van der Waals surface area contributed by atoms with Crippen molar-refractivity contribution in [1.82, 2.24) is 25.3 Å². The number of rotatable bonds is 7. The Labute approximate surface area is 205 Å². The van der Waals surface area contributed by atoms with Crippen LogP contribution in [0, 0.1) is 17.2 Å². The quantitative estimate of drug-likeness (QED) is 0.628. The molecule has 2 amide bonds. The third kappa shape index (κ3) is 5.06. The smallest absolute Gasteiger partial charge is 0.245 e. The number of halogens is 1. The maximum Gasteiger partial charge on any atom is 0.245 e. The zero-order valence-corrected chi connectivity index (χ0v) is 20.6. The highest BCUT2D eigenvalue weighted by Gasteiger charge is 2.39. The van der Waals surface area contributed by atoms with Crippen LogP contribution >= 0.6 is 11.6 Å². The number of fused-ring (bicyclic) bond motifs is 1. The monoisotopic (exact) mass is 484 g/mol. The van der Waals surface area contributed by atoms with Gasteiger partial charge >= 0.3 is 0 Å².